The average molecular weight is 231 g/mol. The number of fused-ring (bicyclic) bond motifs is 1. The predicted octanol–water partition coefficient (Wildman–Crippen LogP) is 1.33. The van der Waals surface area contributed by atoms with Crippen LogP contribution in [-0.4, -0.2) is 28.3 Å². The summed E-state index contributed by atoms with van der Waals surface area (Å²) in [5.41, 5.74) is -0.262. The molecule has 0 aromatic carbocycles. The number of carboxylic acids is 1. The minimum atomic E-state index is -1.23. The fourth-order valence-electron chi connectivity index (χ4n) is 2.10. The van der Waals surface area contributed by atoms with Crippen LogP contribution in [0.5, 0.6) is 0 Å². The maximum absolute atomic E-state index is 11.8. The van der Waals surface area contributed by atoms with Crippen molar-refractivity contribution >= 4 is 23.4 Å². The first-order chi connectivity index (χ1) is 7.09. The molecule has 0 saturated heterocycles. The van der Waals surface area contributed by atoms with Gasteiger partial charge in [-0.3, -0.25) is 4.79 Å². The lowest BCUT2D eigenvalue weighted by Crippen LogP contribution is -2.41. The van der Waals surface area contributed by atoms with Gasteiger partial charge in [-0.1, -0.05) is 0 Å². The number of hydrogen-bond donors (Lipinski definition) is 1. The second-order valence-electron chi connectivity index (χ2n) is 3.89. The van der Waals surface area contributed by atoms with E-state index in [-0.39, 0.29) is 28.8 Å². The quantitative estimate of drug-likeness (QED) is 0.545. The van der Waals surface area contributed by atoms with Crippen molar-refractivity contribution in [2.24, 2.45) is 5.92 Å². The SMILES string of the molecule is O=C(O)C1=COC2CCC(Cl)CC2C1=O. The fourth-order valence-corrected chi connectivity index (χ4v) is 2.42. The monoisotopic (exact) mass is 230 g/mol. The number of halogens is 1. The molecule has 1 N–H and O–H groups in total. The molecule has 1 heterocycles. The predicted molar refractivity (Wildman–Crippen MR) is 52.6 cm³/mol. The summed E-state index contributed by atoms with van der Waals surface area (Å²) in [5, 5.41) is 8.71. The standard InChI is InChI=1S/C10H11ClO4/c11-5-1-2-8-6(3-5)9(12)7(4-15-8)10(13)14/h4-6,8H,1-3H2,(H,13,14). The molecule has 0 amide bonds. The zero-order chi connectivity index (χ0) is 11.0. The van der Waals surface area contributed by atoms with Crippen molar-refractivity contribution in [2.75, 3.05) is 0 Å². The van der Waals surface area contributed by atoms with E-state index in [1.807, 2.05) is 0 Å². The van der Waals surface area contributed by atoms with Crippen LogP contribution >= 0.6 is 11.6 Å². The number of rotatable bonds is 1. The molecule has 0 radical (unpaired) electrons. The maximum Gasteiger partial charge on any atom is 0.342 e. The van der Waals surface area contributed by atoms with Gasteiger partial charge in [0, 0.05) is 5.38 Å². The van der Waals surface area contributed by atoms with Crippen LogP contribution in [0.1, 0.15) is 19.3 Å². The zero-order valence-corrected chi connectivity index (χ0v) is 8.74. The van der Waals surface area contributed by atoms with Gasteiger partial charge in [-0.05, 0) is 19.3 Å². The third-order valence-corrected chi connectivity index (χ3v) is 3.31. The van der Waals surface area contributed by atoms with Gasteiger partial charge < -0.3 is 9.84 Å². The number of hydrogen-bond acceptors (Lipinski definition) is 3. The molecule has 0 spiro atoms. The van der Waals surface area contributed by atoms with Gasteiger partial charge in [-0.2, -0.15) is 0 Å². The third kappa shape index (κ3) is 1.86. The summed E-state index contributed by atoms with van der Waals surface area (Å²) in [7, 11) is 0. The average Bonchev–Trinajstić information content (AvgIpc) is 2.19. The number of ketones is 1. The van der Waals surface area contributed by atoms with Crippen LogP contribution in [-0.2, 0) is 14.3 Å². The molecule has 1 aliphatic heterocycles. The smallest absolute Gasteiger partial charge is 0.342 e. The molecule has 3 unspecified atom stereocenters. The largest absolute Gasteiger partial charge is 0.496 e. The topological polar surface area (TPSA) is 63.6 Å². The van der Waals surface area contributed by atoms with E-state index in [9.17, 15) is 9.59 Å². The molecule has 82 valence electrons. The summed E-state index contributed by atoms with van der Waals surface area (Å²) in [6.45, 7) is 0. The Morgan fingerprint density at radius 3 is 2.93 bits per heavy atom. The number of carbonyl (C=O) groups excluding carboxylic acids is 1. The molecule has 0 aromatic rings. The van der Waals surface area contributed by atoms with Crippen molar-refractivity contribution in [2.45, 2.75) is 30.7 Å². The van der Waals surface area contributed by atoms with Crippen molar-refractivity contribution in [3.8, 4) is 0 Å². The van der Waals surface area contributed by atoms with E-state index >= 15 is 0 Å². The molecule has 0 aromatic heterocycles. The van der Waals surface area contributed by atoms with E-state index < -0.39 is 5.97 Å². The lowest BCUT2D eigenvalue weighted by Gasteiger charge is -2.34. The second-order valence-corrected chi connectivity index (χ2v) is 4.51. The Balaban J connectivity index is 2.21. The molecule has 15 heavy (non-hydrogen) atoms. The molecule has 2 rings (SSSR count). The summed E-state index contributed by atoms with van der Waals surface area (Å²) >= 11 is 5.95. The van der Waals surface area contributed by atoms with Crippen molar-refractivity contribution in [1.82, 2.24) is 0 Å². The van der Waals surface area contributed by atoms with Gasteiger partial charge in [0.05, 0.1) is 5.92 Å². The van der Waals surface area contributed by atoms with Gasteiger partial charge >= 0.3 is 5.97 Å². The summed E-state index contributed by atoms with van der Waals surface area (Å²) in [6, 6.07) is 0. The molecular weight excluding hydrogens is 220 g/mol. The molecule has 5 heteroatoms. The van der Waals surface area contributed by atoms with Gasteiger partial charge in [-0.25, -0.2) is 4.79 Å². The van der Waals surface area contributed by atoms with Crippen molar-refractivity contribution in [3.05, 3.63) is 11.8 Å². The van der Waals surface area contributed by atoms with Gasteiger partial charge in [0.15, 0.2) is 5.78 Å². The summed E-state index contributed by atoms with van der Waals surface area (Å²) in [5.74, 6) is -1.95. The minimum absolute atomic E-state index is 0.0491. The first kappa shape index (κ1) is 10.5. The van der Waals surface area contributed by atoms with Gasteiger partial charge in [0.1, 0.15) is 17.9 Å². The number of carboxylic acid groups (broad SMARTS) is 1. The molecule has 1 fully saturated rings. The Morgan fingerprint density at radius 1 is 1.53 bits per heavy atom. The van der Waals surface area contributed by atoms with Gasteiger partial charge in [0.25, 0.3) is 0 Å². The summed E-state index contributed by atoms with van der Waals surface area (Å²) in [4.78, 5) is 22.5. The van der Waals surface area contributed by atoms with E-state index in [2.05, 4.69) is 0 Å². The van der Waals surface area contributed by atoms with Gasteiger partial charge in [0.2, 0.25) is 0 Å². The molecular formula is C10H11ClO4. The lowest BCUT2D eigenvalue weighted by molar-refractivity contribution is -0.138. The van der Waals surface area contributed by atoms with Gasteiger partial charge in [-0.15, -0.1) is 11.6 Å². The van der Waals surface area contributed by atoms with E-state index in [1.165, 1.54) is 0 Å². The fraction of sp³-hybridized carbons (Fsp3) is 0.600. The lowest BCUT2D eigenvalue weighted by atomic mass is 9.80. The number of aliphatic carboxylic acids is 1. The van der Waals surface area contributed by atoms with Crippen molar-refractivity contribution in [3.63, 3.8) is 0 Å². The molecule has 4 nitrogen and oxygen atoms in total. The maximum atomic E-state index is 11.8. The Morgan fingerprint density at radius 2 is 2.27 bits per heavy atom. The molecule has 1 aliphatic carbocycles. The van der Waals surface area contributed by atoms with Crippen LogP contribution in [0.3, 0.4) is 0 Å². The zero-order valence-electron chi connectivity index (χ0n) is 7.98. The first-order valence-electron chi connectivity index (χ1n) is 4.87. The van der Waals surface area contributed by atoms with Crippen LogP contribution in [0, 0.1) is 5.92 Å². The van der Waals surface area contributed by atoms with E-state index in [1.54, 1.807) is 0 Å². The van der Waals surface area contributed by atoms with E-state index in [0.717, 1.165) is 12.7 Å². The highest BCUT2D eigenvalue weighted by molar-refractivity contribution is 6.21. The Kier molecular flexibility index (Phi) is 2.69. The Bertz CT molecular complexity index is 336. The third-order valence-electron chi connectivity index (χ3n) is 2.92. The summed E-state index contributed by atoms with van der Waals surface area (Å²) < 4.78 is 5.25. The van der Waals surface area contributed by atoms with Crippen molar-refractivity contribution < 1.29 is 19.4 Å². The number of carbonyl (C=O) groups is 2. The van der Waals surface area contributed by atoms with Crippen LogP contribution in [0.4, 0.5) is 0 Å². The molecule has 0 bridgehead atoms. The Labute approximate surface area is 91.9 Å². The first-order valence-corrected chi connectivity index (χ1v) is 5.30. The highest BCUT2D eigenvalue weighted by Gasteiger charge is 2.41. The summed E-state index contributed by atoms with van der Waals surface area (Å²) in [6.07, 6.45) is 2.92. The normalized spacial score (nSPS) is 35.1. The van der Waals surface area contributed by atoms with E-state index in [4.69, 9.17) is 21.4 Å². The number of ether oxygens (including phenoxy) is 1. The van der Waals surface area contributed by atoms with E-state index in [0.29, 0.717) is 12.8 Å². The van der Waals surface area contributed by atoms with Crippen LogP contribution < -0.4 is 0 Å². The van der Waals surface area contributed by atoms with Crippen LogP contribution in [0.15, 0.2) is 11.8 Å². The minimum Gasteiger partial charge on any atom is -0.496 e. The molecule has 1 saturated carbocycles. The van der Waals surface area contributed by atoms with Crippen LogP contribution in [0.25, 0.3) is 0 Å². The molecule has 3 atom stereocenters. The highest BCUT2D eigenvalue weighted by Crippen LogP contribution is 2.35. The van der Waals surface area contributed by atoms with Crippen LogP contribution in [0.2, 0.25) is 0 Å². The second kappa shape index (κ2) is 3.85. The molecule has 2 aliphatic rings. The number of Topliss-reactive ketones (excluding diaryl/α,β-unsaturated/α-hetero) is 1. The van der Waals surface area contributed by atoms with Crippen molar-refractivity contribution in [1.29, 1.82) is 0 Å². The highest BCUT2D eigenvalue weighted by atomic mass is 35.5. The number of alkyl halides is 1. The Hall–Kier alpha value is -1.03.